The van der Waals surface area contributed by atoms with E-state index in [1.165, 1.54) is 17.1 Å². The van der Waals surface area contributed by atoms with Crippen LogP contribution in [0.3, 0.4) is 0 Å². The molecule has 0 unspecified atom stereocenters. The number of anilines is 2. The zero-order chi connectivity index (χ0) is 14.5. The zero-order valence-corrected chi connectivity index (χ0v) is 13.0. The minimum Gasteiger partial charge on any atom is -0.308 e. The smallest absolute Gasteiger partial charge is 0.308 e. The lowest BCUT2D eigenvalue weighted by atomic mass is 10.2. The molecule has 1 heterocycles. The molecule has 3 nitrogen and oxygen atoms in total. The molecule has 0 aliphatic carbocycles. The minimum atomic E-state index is -0.224. The lowest BCUT2D eigenvalue weighted by Gasteiger charge is -2.10. The Morgan fingerprint density at radius 3 is 2.05 bits per heavy atom. The summed E-state index contributed by atoms with van der Waals surface area (Å²) in [5, 5.41) is 5.65. The molecule has 1 aliphatic rings. The fourth-order valence-corrected chi connectivity index (χ4v) is 4.95. The molecule has 1 fully saturated rings. The summed E-state index contributed by atoms with van der Waals surface area (Å²) in [6, 6.07) is 17.3. The Hall–Kier alpha value is -1.59. The first-order valence-corrected chi connectivity index (χ1v) is 8.87. The van der Waals surface area contributed by atoms with Crippen molar-refractivity contribution in [1.29, 1.82) is 0 Å². The van der Waals surface area contributed by atoms with Gasteiger partial charge in [0.2, 0.25) is 0 Å². The number of carbonyl (C=O) groups excluding carboxylic acids is 1. The van der Waals surface area contributed by atoms with Crippen LogP contribution in [0, 0.1) is 0 Å². The molecular weight excluding hydrogens is 300 g/mol. The van der Waals surface area contributed by atoms with Gasteiger partial charge in [-0.1, -0.05) is 30.3 Å². The summed E-state index contributed by atoms with van der Waals surface area (Å²) in [7, 11) is 0. The summed E-state index contributed by atoms with van der Waals surface area (Å²) < 4.78 is 0.539. The van der Waals surface area contributed by atoms with E-state index in [-0.39, 0.29) is 6.03 Å². The molecule has 2 amide bonds. The highest BCUT2D eigenvalue weighted by atomic mass is 32.2. The molecule has 0 spiro atoms. The van der Waals surface area contributed by atoms with E-state index in [9.17, 15) is 4.79 Å². The summed E-state index contributed by atoms with van der Waals surface area (Å²) in [4.78, 5) is 11.9. The number of para-hydroxylation sites is 1. The van der Waals surface area contributed by atoms with Gasteiger partial charge in [-0.2, -0.15) is 0 Å². The topological polar surface area (TPSA) is 41.1 Å². The molecule has 0 radical (unpaired) electrons. The third-order valence-electron chi connectivity index (χ3n) is 3.09. The van der Waals surface area contributed by atoms with E-state index in [4.69, 9.17) is 0 Å². The second-order valence-electron chi connectivity index (χ2n) is 4.64. The predicted octanol–water partition coefficient (Wildman–Crippen LogP) is 4.81. The molecule has 2 aromatic rings. The molecule has 5 heteroatoms. The summed E-state index contributed by atoms with van der Waals surface area (Å²) >= 11 is 3.96. The Balaban J connectivity index is 1.58. The van der Waals surface area contributed by atoms with Gasteiger partial charge in [-0.3, -0.25) is 0 Å². The summed E-state index contributed by atoms with van der Waals surface area (Å²) in [6.45, 7) is 0. The third kappa shape index (κ3) is 3.95. The first kappa shape index (κ1) is 14.4. The summed E-state index contributed by atoms with van der Waals surface area (Å²) in [5.74, 6) is 2.43. The number of rotatable bonds is 3. The first-order valence-electron chi connectivity index (χ1n) is 6.77. The minimum absolute atomic E-state index is 0.224. The fourth-order valence-electron chi connectivity index (χ4n) is 2.09. The Bertz CT molecular complexity index is 595. The number of carbonyl (C=O) groups is 1. The SMILES string of the molecule is O=C(Nc1ccccc1)Nc1ccc(C2SCCS2)cc1. The summed E-state index contributed by atoms with van der Waals surface area (Å²) in [6.07, 6.45) is 0. The van der Waals surface area contributed by atoms with E-state index >= 15 is 0 Å². The number of urea groups is 1. The van der Waals surface area contributed by atoms with Crippen molar-refractivity contribution >= 4 is 40.9 Å². The fraction of sp³-hybridized carbons (Fsp3) is 0.188. The number of benzene rings is 2. The number of hydrogen-bond donors (Lipinski definition) is 2. The Morgan fingerprint density at radius 2 is 1.43 bits per heavy atom. The molecule has 108 valence electrons. The van der Waals surface area contributed by atoms with Crippen molar-refractivity contribution < 1.29 is 4.79 Å². The van der Waals surface area contributed by atoms with Gasteiger partial charge in [0.25, 0.3) is 0 Å². The number of hydrogen-bond acceptors (Lipinski definition) is 3. The first-order chi connectivity index (χ1) is 10.3. The number of amides is 2. The van der Waals surface area contributed by atoms with Crippen LogP contribution in [0.25, 0.3) is 0 Å². The van der Waals surface area contributed by atoms with Gasteiger partial charge in [-0.05, 0) is 29.8 Å². The van der Waals surface area contributed by atoms with Gasteiger partial charge in [0.15, 0.2) is 0 Å². The van der Waals surface area contributed by atoms with Crippen LogP contribution in [0.15, 0.2) is 54.6 Å². The standard InChI is InChI=1S/C16H16N2OS2/c19-16(17-13-4-2-1-3-5-13)18-14-8-6-12(7-9-14)15-20-10-11-21-15/h1-9,15H,10-11H2,(H2,17,18,19). The third-order valence-corrected chi connectivity index (χ3v) is 6.20. The van der Waals surface area contributed by atoms with Crippen LogP contribution in [0.4, 0.5) is 16.2 Å². The molecule has 2 aromatic carbocycles. The van der Waals surface area contributed by atoms with Crippen molar-refractivity contribution in [1.82, 2.24) is 0 Å². The lowest BCUT2D eigenvalue weighted by Crippen LogP contribution is -2.19. The Kier molecular flexibility index (Phi) is 4.72. The highest BCUT2D eigenvalue weighted by Gasteiger charge is 2.17. The molecular formula is C16H16N2OS2. The van der Waals surface area contributed by atoms with E-state index in [0.29, 0.717) is 4.58 Å². The van der Waals surface area contributed by atoms with Crippen LogP contribution >= 0.6 is 23.5 Å². The van der Waals surface area contributed by atoms with Crippen molar-refractivity contribution in [2.45, 2.75) is 4.58 Å². The lowest BCUT2D eigenvalue weighted by molar-refractivity contribution is 0.262. The maximum atomic E-state index is 11.9. The monoisotopic (exact) mass is 316 g/mol. The van der Waals surface area contributed by atoms with Crippen LogP contribution in [-0.4, -0.2) is 17.5 Å². The van der Waals surface area contributed by atoms with Crippen molar-refractivity contribution in [3.05, 3.63) is 60.2 Å². The normalized spacial score (nSPS) is 14.9. The van der Waals surface area contributed by atoms with Crippen LogP contribution in [0.1, 0.15) is 10.1 Å². The molecule has 1 saturated heterocycles. The molecule has 2 N–H and O–H groups in total. The van der Waals surface area contributed by atoms with Crippen LogP contribution in [-0.2, 0) is 0 Å². The van der Waals surface area contributed by atoms with Crippen molar-refractivity contribution in [3.8, 4) is 0 Å². The van der Waals surface area contributed by atoms with Gasteiger partial charge < -0.3 is 10.6 Å². The molecule has 1 aliphatic heterocycles. The largest absolute Gasteiger partial charge is 0.323 e. The van der Waals surface area contributed by atoms with Crippen molar-refractivity contribution in [3.63, 3.8) is 0 Å². The second-order valence-corrected chi connectivity index (χ2v) is 7.37. The Labute approximate surface area is 132 Å². The van der Waals surface area contributed by atoms with E-state index in [2.05, 4.69) is 22.8 Å². The average molecular weight is 316 g/mol. The van der Waals surface area contributed by atoms with Crippen LogP contribution in [0.5, 0.6) is 0 Å². The van der Waals surface area contributed by atoms with Crippen molar-refractivity contribution in [2.24, 2.45) is 0 Å². The Morgan fingerprint density at radius 1 is 0.857 bits per heavy atom. The van der Waals surface area contributed by atoms with Gasteiger partial charge in [-0.15, -0.1) is 23.5 Å². The van der Waals surface area contributed by atoms with E-state index < -0.39 is 0 Å². The van der Waals surface area contributed by atoms with Crippen LogP contribution < -0.4 is 10.6 Å². The highest BCUT2D eigenvalue weighted by molar-refractivity contribution is 8.19. The predicted molar refractivity (Wildman–Crippen MR) is 93.2 cm³/mol. The molecule has 0 atom stereocenters. The van der Waals surface area contributed by atoms with E-state index in [1.807, 2.05) is 66.0 Å². The van der Waals surface area contributed by atoms with Gasteiger partial charge in [-0.25, -0.2) is 4.79 Å². The number of nitrogens with one attached hydrogen (secondary N) is 2. The highest BCUT2D eigenvalue weighted by Crippen LogP contribution is 2.45. The van der Waals surface area contributed by atoms with Crippen molar-refractivity contribution in [2.75, 3.05) is 22.1 Å². The van der Waals surface area contributed by atoms with Gasteiger partial charge in [0.1, 0.15) is 0 Å². The molecule has 3 rings (SSSR count). The van der Waals surface area contributed by atoms with Crippen LogP contribution in [0.2, 0.25) is 0 Å². The van der Waals surface area contributed by atoms with E-state index in [0.717, 1.165) is 11.4 Å². The maximum Gasteiger partial charge on any atom is 0.323 e. The zero-order valence-electron chi connectivity index (χ0n) is 11.4. The van der Waals surface area contributed by atoms with Gasteiger partial charge >= 0.3 is 6.03 Å². The van der Waals surface area contributed by atoms with Gasteiger partial charge in [0.05, 0.1) is 4.58 Å². The molecule has 0 aromatic heterocycles. The molecule has 21 heavy (non-hydrogen) atoms. The van der Waals surface area contributed by atoms with Gasteiger partial charge in [0, 0.05) is 22.9 Å². The number of thioether (sulfide) groups is 2. The summed E-state index contributed by atoms with van der Waals surface area (Å²) in [5.41, 5.74) is 2.90. The second kappa shape index (κ2) is 6.91. The average Bonchev–Trinajstić information content (AvgIpc) is 3.03. The maximum absolute atomic E-state index is 11.9. The van der Waals surface area contributed by atoms with E-state index in [1.54, 1.807) is 0 Å². The molecule has 0 bridgehead atoms. The molecule has 0 saturated carbocycles. The quantitative estimate of drug-likeness (QED) is 0.854.